The van der Waals surface area contributed by atoms with Gasteiger partial charge in [0, 0.05) is 21.9 Å². The van der Waals surface area contributed by atoms with Gasteiger partial charge in [-0.2, -0.15) is 0 Å². The van der Waals surface area contributed by atoms with Crippen molar-refractivity contribution in [1.82, 2.24) is 0 Å². The quantitative estimate of drug-likeness (QED) is 0.571. The third-order valence-corrected chi connectivity index (χ3v) is 7.35. The first-order chi connectivity index (χ1) is 11.5. The van der Waals surface area contributed by atoms with Gasteiger partial charge in [-0.15, -0.1) is 0 Å². The fraction of sp³-hybridized carbons (Fsp3) is 0.222. The van der Waals surface area contributed by atoms with E-state index in [-0.39, 0.29) is 13.2 Å². The predicted molar refractivity (Wildman–Crippen MR) is 98.4 cm³/mol. The fourth-order valence-corrected chi connectivity index (χ4v) is 5.68. The molecule has 4 nitrogen and oxygen atoms in total. The summed E-state index contributed by atoms with van der Waals surface area (Å²) in [6.07, 6.45) is 0. The SMILES string of the molecule is CCOP(=O)(C#CP(=O)(OCC)c1ccccc1)c1ccccc1. The molecule has 0 aliphatic heterocycles. The minimum Gasteiger partial charge on any atom is -0.317 e. The van der Waals surface area contributed by atoms with E-state index in [4.69, 9.17) is 9.05 Å². The molecule has 0 aromatic heterocycles. The van der Waals surface area contributed by atoms with Crippen molar-refractivity contribution < 1.29 is 18.2 Å². The Morgan fingerprint density at radius 3 is 1.33 bits per heavy atom. The van der Waals surface area contributed by atoms with Crippen LogP contribution in [0.3, 0.4) is 0 Å². The number of rotatable bonds is 6. The van der Waals surface area contributed by atoms with E-state index in [1.54, 1.807) is 62.4 Å². The van der Waals surface area contributed by atoms with Crippen LogP contribution in [0.25, 0.3) is 0 Å². The highest BCUT2D eigenvalue weighted by atomic mass is 31.2. The normalized spacial score (nSPS) is 15.6. The van der Waals surface area contributed by atoms with Crippen LogP contribution in [0.4, 0.5) is 0 Å². The van der Waals surface area contributed by atoms with Crippen molar-refractivity contribution >= 4 is 25.3 Å². The molecule has 2 aromatic carbocycles. The molecule has 2 aromatic rings. The second kappa shape index (κ2) is 8.47. The monoisotopic (exact) mass is 362 g/mol. The molecule has 6 heteroatoms. The summed E-state index contributed by atoms with van der Waals surface area (Å²) in [7, 11) is -6.85. The van der Waals surface area contributed by atoms with E-state index < -0.39 is 14.7 Å². The minimum atomic E-state index is -3.43. The van der Waals surface area contributed by atoms with Gasteiger partial charge in [0.05, 0.1) is 13.2 Å². The van der Waals surface area contributed by atoms with Crippen LogP contribution in [0, 0.1) is 11.3 Å². The van der Waals surface area contributed by atoms with Crippen molar-refractivity contribution in [1.29, 1.82) is 0 Å². The van der Waals surface area contributed by atoms with E-state index in [2.05, 4.69) is 11.3 Å². The molecule has 0 fully saturated rings. The van der Waals surface area contributed by atoms with E-state index in [0.29, 0.717) is 10.6 Å². The summed E-state index contributed by atoms with van der Waals surface area (Å²) in [5.74, 6) is 0. The Bertz CT molecular complexity index is 740. The summed E-state index contributed by atoms with van der Waals surface area (Å²) in [6, 6.07) is 17.5. The third kappa shape index (κ3) is 4.47. The predicted octanol–water partition coefficient (Wildman–Crippen LogP) is 4.19. The van der Waals surface area contributed by atoms with Crippen molar-refractivity contribution in [2.24, 2.45) is 0 Å². The summed E-state index contributed by atoms with van der Waals surface area (Å²) < 4.78 is 37.1. The lowest BCUT2D eigenvalue weighted by atomic mass is 10.4. The molecule has 0 aliphatic carbocycles. The van der Waals surface area contributed by atoms with Crippen LogP contribution in [-0.4, -0.2) is 13.2 Å². The Labute approximate surface area is 143 Å². The first-order valence-electron chi connectivity index (χ1n) is 7.69. The molecule has 0 heterocycles. The number of benzene rings is 2. The second-order valence-electron chi connectivity index (χ2n) is 4.83. The Morgan fingerprint density at radius 1 is 0.708 bits per heavy atom. The molecule has 0 saturated carbocycles. The molecule has 2 rings (SSSR count). The highest BCUT2D eigenvalue weighted by Crippen LogP contribution is 2.49. The van der Waals surface area contributed by atoms with E-state index in [9.17, 15) is 9.13 Å². The smallest absolute Gasteiger partial charge is 0.303 e. The van der Waals surface area contributed by atoms with Crippen LogP contribution in [0.15, 0.2) is 60.7 Å². The van der Waals surface area contributed by atoms with Crippen LogP contribution in [0.2, 0.25) is 0 Å². The zero-order chi connectivity index (χ0) is 17.5. The standard InChI is InChI=1S/C18H20O4P2/c1-3-21-23(19,17-11-7-5-8-12-17)15-16-24(20,22-4-2)18-13-9-6-10-14-18/h5-14H,3-4H2,1-2H3. The Hall–Kier alpha value is -1.62. The van der Waals surface area contributed by atoms with Crippen molar-refractivity contribution in [2.45, 2.75) is 13.8 Å². The zero-order valence-corrected chi connectivity index (χ0v) is 15.5. The van der Waals surface area contributed by atoms with Gasteiger partial charge in [-0.1, -0.05) is 36.4 Å². The average Bonchev–Trinajstić information content (AvgIpc) is 2.62. The van der Waals surface area contributed by atoms with Crippen molar-refractivity contribution in [3.63, 3.8) is 0 Å². The van der Waals surface area contributed by atoms with Crippen LogP contribution in [0.1, 0.15) is 13.8 Å². The number of hydrogen-bond acceptors (Lipinski definition) is 4. The molecule has 0 aliphatic rings. The van der Waals surface area contributed by atoms with Gasteiger partial charge in [0.2, 0.25) is 0 Å². The van der Waals surface area contributed by atoms with Gasteiger partial charge in [-0.05, 0) is 38.1 Å². The summed E-state index contributed by atoms with van der Waals surface area (Å²) >= 11 is 0. The average molecular weight is 362 g/mol. The molecule has 126 valence electrons. The van der Waals surface area contributed by atoms with Gasteiger partial charge in [-0.3, -0.25) is 9.13 Å². The lowest BCUT2D eigenvalue weighted by Crippen LogP contribution is -2.07. The fourth-order valence-electron chi connectivity index (χ4n) is 2.09. The van der Waals surface area contributed by atoms with Gasteiger partial charge in [0.15, 0.2) is 0 Å². The maximum absolute atomic E-state index is 13.1. The molecule has 0 radical (unpaired) electrons. The van der Waals surface area contributed by atoms with E-state index in [1.807, 2.05) is 12.1 Å². The first kappa shape index (κ1) is 18.7. The van der Waals surface area contributed by atoms with Crippen LogP contribution in [-0.2, 0) is 18.2 Å². The molecule has 2 unspecified atom stereocenters. The van der Waals surface area contributed by atoms with Crippen LogP contribution < -0.4 is 10.6 Å². The first-order valence-corrected chi connectivity index (χ1v) is 10.9. The maximum Gasteiger partial charge on any atom is 0.303 e. The van der Waals surface area contributed by atoms with E-state index in [0.717, 1.165) is 0 Å². The highest BCUT2D eigenvalue weighted by molar-refractivity contribution is 7.75. The van der Waals surface area contributed by atoms with Gasteiger partial charge in [0.25, 0.3) is 0 Å². The van der Waals surface area contributed by atoms with Crippen molar-refractivity contribution in [3.05, 3.63) is 60.7 Å². The molecule has 0 N–H and O–H groups in total. The van der Waals surface area contributed by atoms with E-state index in [1.165, 1.54) is 0 Å². The Balaban J connectivity index is 2.49. The lowest BCUT2D eigenvalue weighted by Gasteiger charge is -2.14. The molecule has 0 amide bonds. The molecule has 0 spiro atoms. The summed E-state index contributed by atoms with van der Waals surface area (Å²) in [6.45, 7) is 3.98. The molecule has 0 saturated heterocycles. The van der Waals surface area contributed by atoms with Crippen LogP contribution >= 0.6 is 14.7 Å². The van der Waals surface area contributed by atoms with Gasteiger partial charge >= 0.3 is 14.7 Å². The zero-order valence-electron chi connectivity index (χ0n) is 13.7. The van der Waals surface area contributed by atoms with Crippen molar-refractivity contribution in [2.75, 3.05) is 13.2 Å². The van der Waals surface area contributed by atoms with E-state index >= 15 is 0 Å². The second-order valence-corrected chi connectivity index (χ2v) is 9.04. The molecule has 0 bridgehead atoms. The van der Waals surface area contributed by atoms with Crippen molar-refractivity contribution in [3.8, 4) is 11.3 Å². The van der Waals surface area contributed by atoms with Gasteiger partial charge < -0.3 is 9.05 Å². The highest BCUT2D eigenvalue weighted by Gasteiger charge is 2.27. The summed E-state index contributed by atoms with van der Waals surface area (Å²) in [4.78, 5) is 0. The minimum absolute atomic E-state index is 0.241. The molecule has 2 atom stereocenters. The molecular formula is C18H20O4P2. The topological polar surface area (TPSA) is 52.6 Å². The van der Waals surface area contributed by atoms with Gasteiger partial charge in [-0.25, -0.2) is 0 Å². The number of hydrogen-bond donors (Lipinski definition) is 0. The Kier molecular flexibility index (Phi) is 6.60. The summed E-state index contributed by atoms with van der Waals surface area (Å²) in [5.41, 5.74) is 5.26. The van der Waals surface area contributed by atoms with Crippen LogP contribution in [0.5, 0.6) is 0 Å². The lowest BCUT2D eigenvalue weighted by molar-refractivity contribution is 0.346. The Morgan fingerprint density at radius 2 is 1.04 bits per heavy atom. The maximum atomic E-state index is 13.1. The van der Waals surface area contributed by atoms with Gasteiger partial charge in [0.1, 0.15) is 0 Å². The third-order valence-electron chi connectivity index (χ3n) is 3.16. The largest absolute Gasteiger partial charge is 0.317 e. The molecule has 24 heavy (non-hydrogen) atoms. The summed E-state index contributed by atoms with van der Waals surface area (Å²) in [5, 5.41) is 0.964. The molecular weight excluding hydrogens is 342 g/mol.